The van der Waals surface area contributed by atoms with Crippen LogP contribution in [0.2, 0.25) is 0 Å². The second-order valence-electron chi connectivity index (χ2n) is 8.38. The highest BCUT2D eigenvalue weighted by atomic mass is 16.5. The number of carbonyl (C=O) groups excluding carboxylic acids is 2. The van der Waals surface area contributed by atoms with E-state index in [2.05, 4.69) is 0 Å². The lowest BCUT2D eigenvalue weighted by molar-refractivity contribution is -0.144. The van der Waals surface area contributed by atoms with Gasteiger partial charge in [0.1, 0.15) is 5.69 Å². The largest absolute Gasteiger partial charge is 0.457 e. The number of hydrogen-bond acceptors (Lipinski definition) is 4. The van der Waals surface area contributed by atoms with E-state index in [0.717, 1.165) is 23.5 Å². The van der Waals surface area contributed by atoms with Crippen LogP contribution in [0.5, 0.6) is 0 Å². The summed E-state index contributed by atoms with van der Waals surface area (Å²) in [5, 5.41) is 0. The maximum absolute atomic E-state index is 13.4. The SMILES string of the molecule is Cc1cc(C(=O)COC(=O)[C@H]2C[C@@H]2C)c(C)n1-c1c(C)n(C)n(-c2ccccc2)c1=O. The van der Waals surface area contributed by atoms with E-state index in [1.54, 1.807) is 10.7 Å². The van der Waals surface area contributed by atoms with Gasteiger partial charge in [0.05, 0.1) is 17.3 Å². The number of hydrogen-bond donors (Lipinski definition) is 0. The van der Waals surface area contributed by atoms with Gasteiger partial charge in [-0.1, -0.05) is 25.1 Å². The molecule has 0 amide bonds. The molecule has 1 aromatic carbocycles. The number of benzene rings is 1. The van der Waals surface area contributed by atoms with Crippen LogP contribution in [-0.4, -0.2) is 32.3 Å². The van der Waals surface area contributed by atoms with Crippen molar-refractivity contribution in [3.63, 3.8) is 0 Å². The van der Waals surface area contributed by atoms with Crippen LogP contribution in [0.25, 0.3) is 11.4 Å². The molecule has 1 saturated carbocycles. The zero-order chi connectivity index (χ0) is 22.4. The topological polar surface area (TPSA) is 75.2 Å². The Hall–Kier alpha value is -3.35. The number of Topliss-reactive ketones (excluding diaryl/α,β-unsaturated/α-hetero) is 1. The van der Waals surface area contributed by atoms with Gasteiger partial charge in [-0.05, 0) is 51.3 Å². The minimum Gasteiger partial charge on any atom is -0.457 e. The first kappa shape index (κ1) is 20.9. The highest BCUT2D eigenvalue weighted by Gasteiger charge is 2.40. The maximum atomic E-state index is 13.4. The molecule has 7 heteroatoms. The summed E-state index contributed by atoms with van der Waals surface area (Å²) in [7, 11) is 1.84. The van der Waals surface area contributed by atoms with Crippen LogP contribution in [0, 0.1) is 32.6 Å². The third kappa shape index (κ3) is 3.54. The molecule has 0 bridgehead atoms. The van der Waals surface area contributed by atoms with Gasteiger partial charge >= 0.3 is 5.97 Å². The fraction of sp³-hybridized carbons (Fsp3) is 0.375. The van der Waals surface area contributed by atoms with Gasteiger partial charge in [0, 0.05) is 24.0 Å². The lowest BCUT2D eigenvalue weighted by atomic mass is 10.1. The van der Waals surface area contributed by atoms with Gasteiger partial charge in [-0.25, -0.2) is 4.68 Å². The Morgan fingerprint density at radius 2 is 1.74 bits per heavy atom. The first-order valence-corrected chi connectivity index (χ1v) is 10.5. The average Bonchev–Trinajstić information content (AvgIpc) is 3.36. The summed E-state index contributed by atoms with van der Waals surface area (Å²) in [6.07, 6.45) is 0.822. The molecule has 4 rings (SSSR count). The van der Waals surface area contributed by atoms with Crippen molar-refractivity contribution in [2.75, 3.05) is 6.61 Å². The number of nitrogens with zero attached hydrogens (tertiary/aromatic N) is 3. The highest BCUT2D eigenvalue weighted by Crippen LogP contribution is 2.38. The number of esters is 1. The molecular weight excluding hydrogens is 394 g/mol. The molecule has 7 nitrogen and oxygen atoms in total. The van der Waals surface area contributed by atoms with Crippen molar-refractivity contribution >= 4 is 11.8 Å². The van der Waals surface area contributed by atoms with E-state index in [1.165, 1.54) is 0 Å². The predicted octanol–water partition coefficient (Wildman–Crippen LogP) is 3.27. The molecule has 0 radical (unpaired) electrons. The normalized spacial score (nSPS) is 17.6. The summed E-state index contributed by atoms with van der Waals surface area (Å²) in [4.78, 5) is 38.1. The van der Waals surface area contributed by atoms with Crippen LogP contribution < -0.4 is 5.56 Å². The van der Waals surface area contributed by atoms with Crippen molar-refractivity contribution in [2.24, 2.45) is 18.9 Å². The van der Waals surface area contributed by atoms with Crippen LogP contribution >= 0.6 is 0 Å². The number of aromatic nitrogens is 3. The molecule has 2 aromatic heterocycles. The Morgan fingerprint density at radius 1 is 1.10 bits per heavy atom. The highest BCUT2D eigenvalue weighted by molar-refractivity contribution is 5.99. The van der Waals surface area contributed by atoms with Crippen molar-refractivity contribution in [3.8, 4) is 11.4 Å². The van der Waals surface area contributed by atoms with Crippen LogP contribution in [0.15, 0.2) is 41.2 Å². The van der Waals surface area contributed by atoms with Crippen LogP contribution in [0.4, 0.5) is 0 Å². The molecule has 2 atom stereocenters. The number of carbonyl (C=O) groups is 2. The number of ether oxygens (including phenoxy) is 1. The van der Waals surface area contributed by atoms with E-state index in [0.29, 0.717) is 22.9 Å². The third-order valence-electron chi connectivity index (χ3n) is 6.24. The van der Waals surface area contributed by atoms with Crippen molar-refractivity contribution in [3.05, 3.63) is 69.4 Å². The third-order valence-corrected chi connectivity index (χ3v) is 6.24. The summed E-state index contributed by atoms with van der Waals surface area (Å²) in [5.74, 6) is -0.318. The first-order valence-electron chi connectivity index (χ1n) is 10.5. The molecule has 0 spiro atoms. The van der Waals surface area contributed by atoms with Crippen molar-refractivity contribution in [1.82, 2.24) is 13.9 Å². The Kier molecular flexibility index (Phi) is 5.21. The van der Waals surface area contributed by atoms with E-state index in [-0.39, 0.29) is 29.8 Å². The summed E-state index contributed by atoms with van der Waals surface area (Å²) in [6.45, 7) is 7.26. The zero-order valence-electron chi connectivity index (χ0n) is 18.5. The Labute approximate surface area is 180 Å². The van der Waals surface area contributed by atoms with Crippen molar-refractivity contribution < 1.29 is 14.3 Å². The molecule has 162 valence electrons. The van der Waals surface area contributed by atoms with Gasteiger partial charge in [0.25, 0.3) is 5.56 Å². The summed E-state index contributed by atoms with van der Waals surface area (Å²) in [5.41, 5.74) is 3.78. The monoisotopic (exact) mass is 421 g/mol. The number of para-hydroxylation sites is 1. The second-order valence-corrected chi connectivity index (χ2v) is 8.38. The lowest BCUT2D eigenvalue weighted by Crippen LogP contribution is -2.22. The minimum atomic E-state index is -0.306. The molecule has 3 aromatic rings. The van der Waals surface area contributed by atoms with Gasteiger partial charge in [-0.15, -0.1) is 0 Å². The van der Waals surface area contributed by atoms with Gasteiger partial charge in [0.15, 0.2) is 6.61 Å². The van der Waals surface area contributed by atoms with Gasteiger partial charge in [0.2, 0.25) is 5.78 Å². The second kappa shape index (κ2) is 7.72. The lowest BCUT2D eigenvalue weighted by Gasteiger charge is -2.09. The van der Waals surface area contributed by atoms with E-state index >= 15 is 0 Å². The zero-order valence-corrected chi connectivity index (χ0v) is 18.5. The molecule has 0 unspecified atom stereocenters. The van der Waals surface area contributed by atoms with Crippen LogP contribution in [0.1, 0.15) is 40.8 Å². The molecule has 0 aliphatic heterocycles. The average molecular weight is 421 g/mol. The maximum Gasteiger partial charge on any atom is 0.309 e. The van der Waals surface area contributed by atoms with E-state index < -0.39 is 0 Å². The summed E-state index contributed by atoms with van der Waals surface area (Å²) >= 11 is 0. The molecule has 0 saturated heterocycles. The number of ketones is 1. The first-order chi connectivity index (χ1) is 14.7. The van der Waals surface area contributed by atoms with Gasteiger partial charge in [-0.3, -0.25) is 19.1 Å². The quantitative estimate of drug-likeness (QED) is 0.452. The number of rotatable bonds is 6. The summed E-state index contributed by atoms with van der Waals surface area (Å²) < 4.78 is 10.5. The number of aryl methyl sites for hydroxylation is 1. The standard InChI is InChI=1S/C24H27N3O4/c1-14-11-19(14)24(30)31-13-21(28)20-12-15(2)26(16(20)3)22-17(4)25(5)27(23(22)29)18-9-7-6-8-10-18/h6-10,12,14,19H,11,13H2,1-5H3/t14-,19-/m0/s1. The van der Waals surface area contributed by atoms with E-state index in [9.17, 15) is 14.4 Å². The van der Waals surface area contributed by atoms with Gasteiger partial charge in [-0.2, -0.15) is 0 Å². The molecule has 2 heterocycles. The fourth-order valence-electron chi connectivity index (χ4n) is 4.17. The van der Waals surface area contributed by atoms with E-state index in [1.807, 2.05) is 74.3 Å². The van der Waals surface area contributed by atoms with Gasteiger partial charge < -0.3 is 9.30 Å². The van der Waals surface area contributed by atoms with E-state index in [4.69, 9.17) is 4.74 Å². The van der Waals surface area contributed by atoms with Crippen LogP contribution in [-0.2, 0) is 16.6 Å². The van der Waals surface area contributed by atoms with Crippen molar-refractivity contribution in [2.45, 2.75) is 34.1 Å². The molecule has 1 aliphatic carbocycles. The Morgan fingerprint density at radius 3 is 2.35 bits per heavy atom. The Bertz CT molecular complexity index is 1230. The minimum absolute atomic E-state index is 0.0800. The fourth-order valence-corrected chi connectivity index (χ4v) is 4.17. The molecule has 0 N–H and O–H groups in total. The van der Waals surface area contributed by atoms with Crippen molar-refractivity contribution in [1.29, 1.82) is 0 Å². The molecule has 31 heavy (non-hydrogen) atoms. The summed E-state index contributed by atoms with van der Waals surface area (Å²) in [6, 6.07) is 11.2. The molecule has 1 aliphatic rings. The molecular formula is C24H27N3O4. The smallest absolute Gasteiger partial charge is 0.309 e. The predicted molar refractivity (Wildman–Crippen MR) is 117 cm³/mol. The molecule has 1 fully saturated rings. The Balaban J connectivity index is 1.69. The van der Waals surface area contributed by atoms with Crippen LogP contribution in [0.3, 0.4) is 0 Å².